The van der Waals surface area contributed by atoms with Crippen molar-refractivity contribution in [2.24, 2.45) is 5.92 Å². The van der Waals surface area contributed by atoms with E-state index in [0.29, 0.717) is 18.8 Å². The third kappa shape index (κ3) is 5.02. The number of amides is 1. The van der Waals surface area contributed by atoms with Crippen molar-refractivity contribution >= 4 is 23.0 Å². The van der Waals surface area contributed by atoms with Crippen LogP contribution in [0.25, 0.3) is 0 Å². The normalized spacial score (nSPS) is 15.3. The lowest BCUT2D eigenvalue weighted by molar-refractivity contribution is -0.132. The number of aryl methyl sites for hydroxylation is 1. The average Bonchev–Trinajstić information content (AvgIpc) is 3.07. The first-order valence-electron chi connectivity index (χ1n) is 9.03. The van der Waals surface area contributed by atoms with Gasteiger partial charge in [-0.25, -0.2) is 0 Å². The van der Waals surface area contributed by atoms with Crippen molar-refractivity contribution in [2.45, 2.75) is 39.0 Å². The van der Waals surface area contributed by atoms with Gasteiger partial charge in [0.25, 0.3) is 0 Å². The summed E-state index contributed by atoms with van der Waals surface area (Å²) in [4.78, 5) is 28.4. The van der Waals surface area contributed by atoms with Gasteiger partial charge in [0.1, 0.15) is 0 Å². The number of hydrogen-bond acceptors (Lipinski definition) is 3. The molecule has 0 N–H and O–H groups in total. The zero-order valence-electron chi connectivity index (χ0n) is 14.7. The van der Waals surface area contributed by atoms with E-state index in [1.165, 1.54) is 16.9 Å². The third-order valence-electron chi connectivity index (χ3n) is 4.92. The molecule has 0 unspecified atom stereocenters. The molecule has 1 amide bonds. The number of ketones is 1. The number of benzene rings is 1. The number of hydrogen-bond donors (Lipinski definition) is 0. The fraction of sp³-hybridized carbons (Fsp3) is 0.429. The van der Waals surface area contributed by atoms with Crippen molar-refractivity contribution in [3.05, 3.63) is 57.8 Å². The van der Waals surface area contributed by atoms with Gasteiger partial charge >= 0.3 is 0 Å². The van der Waals surface area contributed by atoms with Gasteiger partial charge in [-0.05, 0) is 49.8 Å². The average molecular weight is 356 g/mol. The number of Topliss-reactive ketones (excluding diaryl/α,β-unsaturated/α-hetero) is 1. The van der Waals surface area contributed by atoms with Crippen molar-refractivity contribution in [1.29, 1.82) is 0 Å². The highest BCUT2D eigenvalue weighted by atomic mass is 32.1. The largest absolute Gasteiger partial charge is 0.343 e. The molecule has 1 aromatic heterocycles. The lowest BCUT2D eigenvalue weighted by atomic mass is 9.90. The maximum Gasteiger partial charge on any atom is 0.223 e. The Balaban J connectivity index is 1.41. The second-order valence-electron chi connectivity index (χ2n) is 6.85. The number of rotatable bonds is 6. The zero-order chi connectivity index (χ0) is 17.6. The van der Waals surface area contributed by atoms with Gasteiger partial charge in [-0.2, -0.15) is 0 Å². The molecule has 2 heterocycles. The molecule has 0 spiro atoms. The summed E-state index contributed by atoms with van der Waals surface area (Å²) in [5.74, 6) is 0.868. The number of carbonyl (C=O) groups is 2. The summed E-state index contributed by atoms with van der Waals surface area (Å²) in [5.41, 5.74) is 1.38. The molecule has 0 radical (unpaired) electrons. The van der Waals surface area contributed by atoms with Crippen molar-refractivity contribution < 1.29 is 9.59 Å². The van der Waals surface area contributed by atoms with E-state index in [-0.39, 0.29) is 11.7 Å². The molecular formula is C21H25NO2S. The van der Waals surface area contributed by atoms with E-state index in [9.17, 15) is 9.59 Å². The molecule has 0 bridgehead atoms. The highest BCUT2D eigenvalue weighted by Gasteiger charge is 2.23. The molecule has 0 atom stereocenters. The summed E-state index contributed by atoms with van der Waals surface area (Å²) in [6.45, 7) is 3.64. The minimum absolute atomic E-state index is 0.0883. The second-order valence-corrected chi connectivity index (χ2v) is 8.14. The summed E-state index contributed by atoms with van der Waals surface area (Å²) in [6, 6.07) is 14.4. The van der Waals surface area contributed by atoms with Gasteiger partial charge in [0, 0.05) is 30.8 Å². The molecular weight excluding hydrogens is 330 g/mol. The molecule has 132 valence electrons. The standard InChI is InChI=1S/C21H25NO2S/c1-16-7-9-20(25-16)19(23)8-10-21(24)22-13-11-18(12-14-22)15-17-5-3-2-4-6-17/h2-7,9,18H,8,10-15H2,1H3. The van der Waals surface area contributed by atoms with Crippen LogP contribution in [-0.4, -0.2) is 29.7 Å². The van der Waals surface area contributed by atoms with E-state index in [2.05, 4.69) is 24.3 Å². The molecule has 25 heavy (non-hydrogen) atoms. The first kappa shape index (κ1) is 17.9. The van der Waals surface area contributed by atoms with E-state index >= 15 is 0 Å². The molecule has 0 saturated carbocycles. The zero-order valence-corrected chi connectivity index (χ0v) is 15.6. The molecule has 1 fully saturated rings. The molecule has 3 nitrogen and oxygen atoms in total. The molecule has 1 aliphatic heterocycles. The summed E-state index contributed by atoms with van der Waals surface area (Å²) >= 11 is 1.51. The molecule has 3 rings (SSSR count). The fourth-order valence-corrected chi connectivity index (χ4v) is 4.26. The Morgan fingerprint density at radius 2 is 1.76 bits per heavy atom. The van der Waals surface area contributed by atoms with Crippen LogP contribution in [0.1, 0.15) is 45.8 Å². The Bertz CT molecular complexity index is 715. The van der Waals surface area contributed by atoms with Crippen LogP contribution in [0.3, 0.4) is 0 Å². The first-order chi connectivity index (χ1) is 12.1. The SMILES string of the molecule is Cc1ccc(C(=O)CCC(=O)N2CCC(Cc3ccccc3)CC2)s1. The van der Waals surface area contributed by atoms with Crippen LogP contribution in [-0.2, 0) is 11.2 Å². The smallest absolute Gasteiger partial charge is 0.223 e. The highest BCUT2D eigenvalue weighted by molar-refractivity contribution is 7.14. The van der Waals surface area contributed by atoms with E-state index in [1.54, 1.807) is 0 Å². The fourth-order valence-electron chi connectivity index (χ4n) is 3.42. The Hall–Kier alpha value is -1.94. The van der Waals surface area contributed by atoms with Gasteiger partial charge in [-0.1, -0.05) is 30.3 Å². The Kier molecular flexibility index (Phi) is 6.03. The van der Waals surface area contributed by atoms with E-state index in [1.807, 2.05) is 30.0 Å². The van der Waals surface area contributed by atoms with Crippen LogP contribution in [0, 0.1) is 12.8 Å². The van der Waals surface area contributed by atoms with Crippen molar-refractivity contribution in [1.82, 2.24) is 4.90 Å². The second kappa shape index (κ2) is 8.43. The summed E-state index contributed by atoms with van der Waals surface area (Å²) in [5, 5.41) is 0. The predicted molar refractivity (Wildman–Crippen MR) is 102 cm³/mol. The van der Waals surface area contributed by atoms with Gasteiger partial charge in [0.15, 0.2) is 5.78 Å². The van der Waals surface area contributed by atoms with Crippen LogP contribution < -0.4 is 0 Å². The molecule has 1 saturated heterocycles. The Morgan fingerprint density at radius 1 is 1.04 bits per heavy atom. The number of nitrogens with zero attached hydrogens (tertiary/aromatic N) is 1. The monoisotopic (exact) mass is 355 g/mol. The molecule has 1 aromatic carbocycles. The van der Waals surface area contributed by atoms with Gasteiger partial charge in [0.05, 0.1) is 4.88 Å². The summed E-state index contributed by atoms with van der Waals surface area (Å²) < 4.78 is 0. The molecule has 4 heteroatoms. The third-order valence-corrected chi connectivity index (χ3v) is 5.96. The van der Waals surface area contributed by atoms with Crippen LogP contribution in [0.4, 0.5) is 0 Å². The Labute approximate surface area is 153 Å². The Morgan fingerprint density at radius 3 is 2.40 bits per heavy atom. The number of likely N-dealkylation sites (tertiary alicyclic amines) is 1. The quantitative estimate of drug-likeness (QED) is 0.716. The number of thiophene rings is 1. The minimum Gasteiger partial charge on any atom is -0.343 e. The topological polar surface area (TPSA) is 37.4 Å². The summed E-state index contributed by atoms with van der Waals surface area (Å²) in [6.07, 6.45) is 3.86. The maximum absolute atomic E-state index is 12.4. The lowest BCUT2D eigenvalue weighted by Gasteiger charge is -2.32. The van der Waals surface area contributed by atoms with Crippen molar-refractivity contribution in [3.63, 3.8) is 0 Å². The van der Waals surface area contributed by atoms with Gasteiger partial charge < -0.3 is 4.90 Å². The molecule has 2 aromatic rings. The van der Waals surface area contributed by atoms with Crippen LogP contribution in [0.15, 0.2) is 42.5 Å². The van der Waals surface area contributed by atoms with Crippen LogP contribution in [0.2, 0.25) is 0 Å². The van der Waals surface area contributed by atoms with E-state index in [4.69, 9.17) is 0 Å². The van der Waals surface area contributed by atoms with Crippen molar-refractivity contribution in [3.8, 4) is 0 Å². The molecule has 0 aliphatic carbocycles. The minimum atomic E-state index is 0.0883. The summed E-state index contributed by atoms with van der Waals surface area (Å²) in [7, 11) is 0. The van der Waals surface area contributed by atoms with E-state index < -0.39 is 0 Å². The number of carbonyl (C=O) groups excluding carboxylic acids is 2. The molecule has 1 aliphatic rings. The van der Waals surface area contributed by atoms with Crippen LogP contribution >= 0.6 is 11.3 Å². The van der Waals surface area contributed by atoms with E-state index in [0.717, 1.165) is 42.1 Å². The highest BCUT2D eigenvalue weighted by Crippen LogP contribution is 2.23. The van der Waals surface area contributed by atoms with Gasteiger partial charge in [-0.15, -0.1) is 11.3 Å². The van der Waals surface area contributed by atoms with Gasteiger partial charge in [-0.3, -0.25) is 9.59 Å². The van der Waals surface area contributed by atoms with Crippen molar-refractivity contribution in [2.75, 3.05) is 13.1 Å². The van der Waals surface area contributed by atoms with Gasteiger partial charge in [0.2, 0.25) is 5.91 Å². The predicted octanol–water partition coefficient (Wildman–Crippen LogP) is 4.50. The number of piperidine rings is 1. The lowest BCUT2D eigenvalue weighted by Crippen LogP contribution is -2.39. The first-order valence-corrected chi connectivity index (χ1v) is 9.85. The van der Waals surface area contributed by atoms with Crippen LogP contribution in [0.5, 0.6) is 0 Å². The maximum atomic E-state index is 12.4.